The van der Waals surface area contributed by atoms with E-state index in [2.05, 4.69) is 0 Å². The number of carboxylic acid groups (broad SMARTS) is 2. The summed E-state index contributed by atoms with van der Waals surface area (Å²) in [6.07, 6.45) is 4.99. The fraction of sp³-hybridized carbons (Fsp3) is 0.455. The Morgan fingerprint density at radius 2 is 1.40 bits per heavy atom. The van der Waals surface area contributed by atoms with Gasteiger partial charge in [0.1, 0.15) is 0 Å². The van der Waals surface area contributed by atoms with Crippen molar-refractivity contribution in [3.8, 4) is 0 Å². The lowest BCUT2D eigenvalue weighted by Gasteiger charge is -2.38. The molecule has 0 spiro atoms. The molecule has 1 saturated carbocycles. The van der Waals surface area contributed by atoms with E-state index in [9.17, 15) is 9.59 Å². The third-order valence-corrected chi connectivity index (χ3v) is 3.88. The molecule has 0 aromatic carbocycles. The minimum Gasteiger partial charge on any atom is -0.478 e. The molecule has 0 aliphatic heterocycles. The quantitative estimate of drug-likeness (QED) is 0.658. The van der Waals surface area contributed by atoms with Crippen LogP contribution in [0.1, 0.15) is 6.42 Å². The molecule has 0 radical (unpaired) electrons. The molecule has 15 heavy (non-hydrogen) atoms. The number of fused-ring (bicyclic) bond motifs is 5. The Bertz CT molecular complexity index is 394. The van der Waals surface area contributed by atoms with Gasteiger partial charge in [0.05, 0.1) is 11.1 Å². The summed E-state index contributed by atoms with van der Waals surface area (Å²) in [6, 6.07) is 0. The van der Waals surface area contributed by atoms with Gasteiger partial charge in [0.15, 0.2) is 0 Å². The van der Waals surface area contributed by atoms with Gasteiger partial charge in [0, 0.05) is 11.8 Å². The Balaban J connectivity index is 2.07. The summed E-state index contributed by atoms with van der Waals surface area (Å²) < 4.78 is 0. The number of rotatable bonds is 2. The molecule has 2 N–H and O–H groups in total. The van der Waals surface area contributed by atoms with E-state index in [-0.39, 0.29) is 34.8 Å². The fourth-order valence-corrected chi connectivity index (χ4v) is 3.39. The largest absolute Gasteiger partial charge is 0.478 e. The maximum atomic E-state index is 11.0. The zero-order valence-electron chi connectivity index (χ0n) is 7.88. The molecule has 78 valence electrons. The maximum absolute atomic E-state index is 11.0. The molecule has 1 fully saturated rings. The van der Waals surface area contributed by atoms with Crippen LogP contribution in [0.4, 0.5) is 0 Å². The van der Waals surface area contributed by atoms with Crippen molar-refractivity contribution in [3.63, 3.8) is 0 Å². The van der Waals surface area contributed by atoms with Crippen LogP contribution in [0.15, 0.2) is 23.3 Å². The fourth-order valence-electron chi connectivity index (χ4n) is 3.39. The van der Waals surface area contributed by atoms with E-state index in [1.807, 2.05) is 12.2 Å². The van der Waals surface area contributed by atoms with Crippen molar-refractivity contribution < 1.29 is 19.8 Å². The Morgan fingerprint density at radius 1 is 1.00 bits per heavy atom. The van der Waals surface area contributed by atoms with Gasteiger partial charge < -0.3 is 10.2 Å². The third-order valence-electron chi connectivity index (χ3n) is 3.88. The molecule has 0 aromatic rings. The first-order valence-electron chi connectivity index (χ1n) is 5.00. The van der Waals surface area contributed by atoms with Crippen molar-refractivity contribution in [1.82, 2.24) is 0 Å². The molecule has 0 amide bonds. The summed E-state index contributed by atoms with van der Waals surface area (Å²) in [4.78, 5) is 21.9. The van der Waals surface area contributed by atoms with E-state index in [0.717, 1.165) is 6.42 Å². The lowest BCUT2D eigenvalue weighted by Crippen LogP contribution is -2.40. The zero-order valence-corrected chi connectivity index (χ0v) is 7.88. The molecule has 3 aliphatic carbocycles. The Kier molecular flexibility index (Phi) is 1.45. The standard InChI is InChI=1S/C11H10O4/c12-10(13)8-6-4-1-2-5(3-4)7(6)9(8)11(14)15/h1-2,4-7H,3H2,(H,12,13)(H,14,15). The van der Waals surface area contributed by atoms with Gasteiger partial charge in [-0.2, -0.15) is 0 Å². The lowest BCUT2D eigenvalue weighted by molar-refractivity contribution is -0.139. The highest BCUT2D eigenvalue weighted by Gasteiger charge is 2.58. The van der Waals surface area contributed by atoms with Crippen LogP contribution in [0.3, 0.4) is 0 Å². The Labute approximate surface area is 85.9 Å². The monoisotopic (exact) mass is 206 g/mol. The second kappa shape index (κ2) is 2.51. The van der Waals surface area contributed by atoms with E-state index >= 15 is 0 Å². The molecule has 0 saturated heterocycles. The van der Waals surface area contributed by atoms with Crippen molar-refractivity contribution in [1.29, 1.82) is 0 Å². The number of carboxylic acids is 2. The van der Waals surface area contributed by atoms with Crippen LogP contribution in [0.2, 0.25) is 0 Å². The summed E-state index contributed by atoms with van der Waals surface area (Å²) in [6.45, 7) is 0. The van der Waals surface area contributed by atoms with Crippen LogP contribution in [-0.4, -0.2) is 22.2 Å². The average Bonchev–Trinajstić information content (AvgIpc) is 2.58. The predicted octanol–water partition coefficient (Wildman–Crippen LogP) is 0.904. The minimum absolute atomic E-state index is 0.0383. The molecule has 4 nitrogen and oxygen atoms in total. The molecular weight excluding hydrogens is 196 g/mol. The van der Waals surface area contributed by atoms with Crippen molar-refractivity contribution in [2.24, 2.45) is 23.7 Å². The van der Waals surface area contributed by atoms with Crippen molar-refractivity contribution >= 4 is 11.9 Å². The molecule has 3 aliphatic rings. The van der Waals surface area contributed by atoms with Gasteiger partial charge in [-0.25, -0.2) is 9.59 Å². The molecule has 0 aromatic heterocycles. The van der Waals surface area contributed by atoms with Crippen LogP contribution in [0, 0.1) is 23.7 Å². The zero-order chi connectivity index (χ0) is 10.7. The van der Waals surface area contributed by atoms with Gasteiger partial charge in [0.25, 0.3) is 0 Å². The second-order valence-electron chi connectivity index (χ2n) is 4.44. The van der Waals surface area contributed by atoms with E-state index in [1.54, 1.807) is 0 Å². The van der Waals surface area contributed by atoms with Gasteiger partial charge in [-0.1, -0.05) is 12.2 Å². The van der Waals surface area contributed by atoms with Crippen molar-refractivity contribution in [2.75, 3.05) is 0 Å². The van der Waals surface area contributed by atoms with Crippen LogP contribution in [0.5, 0.6) is 0 Å². The van der Waals surface area contributed by atoms with E-state index in [4.69, 9.17) is 10.2 Å². The molecular formula is C11H10O4. The lowest BCUT2D eigenvalue weighted by atomic mass is 9.63. The van der Waals surface area contributed by atoms with Gasteiger partial charge in [-0.05, 0) is 18.3 Å². The van der Waals surface area contributed by atoms with E-state index < -0.39 is 11.9 Å². The summed E-state index contributed by atoms with van der Waals surface area (Å²) in [7, 11) is 0. The van der Waals surface area contributed by atoms with E-state index in [1.165, 1.54) is 0 Å². The first-order valence-corrected chi connectivity index (χ1v) is 5.00. The summed E-state index contributed by atoms with van der Waals surface area (Å²) in [5.41, 5.74) is 0.286. The SMILES string of the molecule is O=C(O)C1=C(C(=O)O)C2C3C=CC(C3)C12. The number of allylic oxidation sites excluding steroid dienone is 2. The molecule has 4 heteroatoms. The van der Waals surface area contributed by atoms with Gasteiger partial charge in [-0.15, -0.1) is 0 Å². The highest BCUT2D eigenvalue weighted by atomic mass is 16.4. The second-order valence-corrected chi connectivity index (χ2v) is 4.44. The van der Waals surface area contributed by atoms with Crippen LogP contribution in [0.25, 0.3) is 0 Å². The molecule has 0 heterocycles. The topological polar surface area (TPSA) is 74.6 Å². The number of carbonyl (C=O) groups is 2. The van der Waals surface area contributed by atoms with Crippen LogP contribution < -0.4 is 0 Å². The first kappa shape index (κ1) is 8.71. The summed E-state index contributed by atoms with van der Waals surface area (Å²) in [5, 5.41) is 18.0. The average molecular weight is 206 g/mol. The number of aliphatic carboxylic acids is 2. The van der Waals surface area contributed by atoms with Crippen molar-refractivity contribution in [2.45, 2.75) is 6.42 Å². The first-order chi connectivity index (χ1) is 7.11. The third kappa shape index (κ3) is 0.868. The summed E-state index contributed by atoms with van der Waals surface area (Å²) in [5.74, 6) is -1.68. The van der Waals surface area contributed by atoms with E-state index in [0.29, 0.717) is 0 Å². The molecule has 4 atom stereocenters. The normalized spacial score (nSPS) is 40.3. The molecule has 3 rings (SSSR count). The Morgan fingerprint density at radius 3 is 1.73 bits per heavy atom. The minimum atomic E-state index is -1.06. The Hall–Kier alpha value is -1.58. The van der Waals surface area contributed by atoms with Crippen LogP contribution >= 0.6 is 0 Å². The number of hydrogen-bond acceptors (Lipinski definition) is 2. The van der Waals surface area contributed by atoms with Gasteiger partial charge >= 0.3 is 11.9 Å². The molecule has 4 unspecified atom stereocenters. The highest BCUT2D eigenvalue weighted by Crippen LogP contribution is 2.60. The number of hydrogen-bond donors (Lipinski definition) is 2. The maximum Gasteiger partial charge on any atom is 0.332 e. The predicted molar refractivity (Wildman–Crippen MR) is 50.0 cm³/mol. The van der Waals surface area contributed by atoms with Gasteiger partial charge in [-0.3, -0.25) is 0 Å². The van der Waals surface area contributed by atoms with Gasteiger partial charge in [0.2, 0.25) is 0 Å². The van der Waals surface area contributed by atoms with Crippen LogP contribution in [-0.2, 0) is 9.59 Å². The summed E-state index contributed by atoms with van der Waals surface area (Å²) >= 11 is 0. The molecule has 2 bridgehead atoms. The highest BCUT2D eigenvalue weighted by molar-refractivity contribution is 6.03. The smallest absolute Gasteiger partial charge is 0.332 e. The van der Waals surface area contributed by atoms with Crippen molar-refractivity contribution in [3.05, 3.63) is 23.3 Å².